The van der Waals surface area contributed by atoms with Crippen LogP contribution in [0, 0.1) is 11.8 Å². The average molecular weight is 751 g/mol. The first-order valence-electron chi connectivity index (χ1n) is 21.3. The maximum atomic E-state index is 13.8. The van der Waals surface area contributed by atoms with E-state index in [1.807, 2.05) is 20.8 Å². The molecule has 3 amide bonds. The van der Waals surface area contributed by atoms with Crippen LogP contribution in [0.3, 0.4) is 0 Å². The highest BCUT2D eigenvalue weighted by Gasteiger charge is 2.30. The molecule has 0 bridgehead atoms. The van der Waals surface area contributed by atoms with Gasteiger partial charge in [0.2, 0.25) is 17.7 Å². The Bertz CT molecular complexity index is 989. The Hall–Kier alpha value is -2.73. The monoisotopic (exact) mass is 751 g/mol. The summed E-state index contributed by atoms with van der Waals surface area (Å²) in [6, 6.07) is -1.64. The Labute approximate surface area is 323 Å². The molecule has 0 aromatic carbocycles. The number of carbonyl (C=O) groups excluding carboxylic acids is 4. The quantitative estimate of drug-likeness (QED) is 0.0232. The smallest absolute Gasteiger partial charge is 0.243 e. The molecule has 53 heavy (non-hydrogen) atoms. The lowest BCUT2D eigenvalue weighted by atomic mass is 9.88. The largest absolute Gasteiger partial charge is 0.370 e. The summed E-state index contributed by atoms with van der Waals surface area (Å²) in [5.41, 5.74) is 22.3. The lowest BCUT2D eigenvalue weighted by molar-refractivity contribution is -0.134. The number of rotatable bonds is 36. The minimum Gasteiger partial charge on any atom is -0.370 e. The molecule has 0 aromatic rings. The molecule has 12 heteroatoms. The average Bonchev–Trinajstić information content (AvgIpc) is 3.10. The second-order valence-electron chi connectivity index (χ2n) is 15.6. The molecular weight excluding hydrogens is 669 g/mol. The Morgan fingerprint density at radius 3 is 1.62 bits per heavy atom. The van der Waals surface area contributed by atoms with E-state index in [1.54, 1.807) is 0 Å². The third kappa shape index (κ3) is 29.3. The van der Waals surface area contributed by atoms with Gasteiger partial charge in [-0.3, -0.25) is 24.2 Å². The summed E-state index contributed by atoms with van der Waals surface area (Å²) >= 11 is 0. The topological polar surface area (TPSA) is 221 Å². The van der Waals surface area contributed by atoms with Crippen LogP contribution in [0.1, 0.15) is 182 Å². The molecule has 310 valence electrons. The van der Waals surface area contributed by atoms with Crippen molar-refractivity contribution in [1.29, 1.82) is 0 Å². The Morgan fingerprint density at radius 2 is 1.11 bits per heavy atom. The highest BCUT2D eigenvalue weighted by atomic mass is 16.2. The molecule has 0 unspecified atom stereocenters. The Balaban J connectivity index is 5.20. The summed E-state index contributed by atoms with van der Waals surface area (Å²) in [7, 11) is 0. The van der Waals surface area contributed by atoms with Crippen molar-refractivity contribution in [3.05, 3.63) is 0 Å². The van der Waals surface area contributed by atoms with Gasteiger partial charge in [0.1, 0.15) is 6.04 Å². The lowest BCUT2D eigenvalue weighted by Crippen LogP contribution is -2.52. The number of ketones is 1. The molecular formula is C41H82N8O4. The minimum atomic E-state index is -0.775. The normalized spacial score (nSPS) is 13.6. The first-order valence-corrected chi connectivity index (χ1v) is 21.3. The molecule has 12 nitrogen and oxygen atoms in total. The van der Waals surface area contributed by atoms with Gasteiger partial charge in [-0.25, -0.2) is 0 Å². The summed E-state index contributed by atoms with van der Waals surface area (Å²) in [6.07, 6.45) is 22.0. The van der Waals surface area contributed by atoms with Gasteiger partial charge in [0.25, 0.3) is 0 Å². The zero-order valence-corrected chi connectivity index (χ0v) is 34.4. The SMILES string of the molecule is CCCCCCCCCCCCCCCC(=O)N[C@@H](CCCCN)C(=O)N[C@@H](CCCCN)C(=O)C[C@H](CC(C)C)C(=O)N[C@H](C)CCCN=C(N)N. The maximum absolute atomic E-state index is 13.8. The Kier molecular flexibility index (Phi) is 32.1. The highest BCUT2D eigenvalue weighted by Crippen LogP contribution is 2.20. The van der Waals surface area contributed by atoms with Crippen molar-refractivity contribution >= 4 is 29.5 Å². The first kappa shape index (κ1) is 50.3. The number of carbonyl (C=O) groups is 4. The number of aliphatic imine (C=N–C) groups is 1. The number of guanidine groups is 1. The van der Waals surface area contributed by atoms with Gasteiger partial charge in [-0.2, -0.15) is 0 Å². The van der Waals surface area contributed by atoms with Crippen molar-refractivity contribution in [2.75, 3.05) is 19.6 Å². The van der Waals surface area contributed by atoms with E-state index in [0.717, 1.165) is 25.7 Å². The van der Waals surface area contributed by atoms with Gasteiger partial charge in [0.15, 0.2) is 11.7 Å². The number of amides is 3. The van der Waals surface area contributed by atoms with Gasteiger partial charge in [0.05, 0.1) is 6.04 Å². The van der Waals surface area contributed by atoms with E-state index in [9.17, 15) is 19.2 Å². The van der Waals surface area contributed by atoms with Crippen molar-refractivity contribution < 1.29 is 19.2 Å². The van der Waals surface area contributed by atoms with Gasteiger partial charge in [0, 0.05) is 31.3 Å². The van der Waals surface area contributed by atoms with E-state index in [0.29, 0.717) is 77.4 Å². The summed E-state index contributed by atoms with van der Waals surface area (Å²) in [4.78, 5) is 57.9. The van der Waals surface area contributed by atoms with Crippen molar-refractivity contribution in [3.8, 4) is 0 Å². The fourth-order valence-corrected chi connectivity index (χ4v) is 6.69. The molecule has 0 saturated carbocycles. The molecule has 11 N–H and O–H groups in total. The molecule has 0 fully saturated rings. The van der Waals surface area contributed by atoms with Crippen LogP contribution in [0.2, 0.25) is 0 Å². The Morgan fingerprint density at radius 1 is 0.585 bits per heavy atom. The standard InChI is InChI=1S/C41H82N8O4/c1-5-6-7-8-9-10-11-12-13-14-15-16-17-26-38(51)48-36(25-19-21-28-43)40(53)49-35(24-18-20-27-42)37(50)31-34(30-32(2)3)39(52)47-33(4)23-22-29-46-41(44)45/h32-36H,5-31,42-43H2,1-4H3,(H,47,52)(H,48,51)(H,49,53)(H4,44,45,46)/t33-,34+,35+,36+/m1/s1. The van der Waals surface area contributed by atoms with E-state index in [2.05, 4.69) is 27.9 Å². The van der Waals surface area contributed by atoms with Crippen molar-refractivity contribution in [3.63, 3.8) is 0 Å². The molecule has 0 radical (unpaired) electrons. The second-order valence-corrected chi connectivity index (χ2v) is 15.6. The van der Waals surface area contributed by atoms with E-state index < -0.39 is 18.0 Å². The van der Waals surface area contributed by atoms with E-state index >= 15 is 0 Å². The molecule has 0 aliphatic rings. The summed E-state index contributed by atoms with van der Waals surface area (Å²) in [6.45, 7) is 9.68. The third-order valence-corrected chi connectivity index (χ3v) is 9.81. The number of nitrogens with zero attached hydrogens (tertiary/aromatic N) is 1. The zero-order chi connectivity index (χ0) is 39.7. The van der Waals surface area contributed by atoms with Gasteiger partial charge in [-0.15, -0.1) is 0 Å². The number of hydrogen-bond donors (Lipinski definition) is 7. The van der Waals surface area contributed by atoms with Crippen LogP contribution in [-0.4, -0.2) is 67.2 Å². The second kappa shape index (κ2) is 33.8. The fraction of sp³-hybridized carbons (Fsp3) is 0.878. The van der Waals surface area contributed by atoms with Crippen LogP contribution < -0.4 is 38.9 Å². The third-order valence-electron chi connectivity index (χ3n) is 9.81. The van der Waals surface area contributed by atoms with Crippen molar-refractivity contribution in [2.45, 2.75) is 200 Å². The van der Waals surface area contributed by atoms with Gasteiger partial charge in [-0.05, 0) is 90.1 Å². The van der Waals surface area contributed by atoms with Gasteiger partial charge in [-0.1, -0.05) is 97.8 Å². The highest BCUT2D eigenvalue weighted by molar-refractivity contribution is 5.94. The number of nitrogens with two attached hydrogens (primary N) is 4. The molecule has 4 atom stereocenters. The predicted octanol–water partition coefficient (Wildman–Crippen LogP) is 5.88. The molecule has 0 aliphatic carbocycles. The van der Waals surface area contributed by atoms with Gasteiger partial charge < -0.3 is 38.9 Å². The number of Topliss-reactive ketones (excluding diaryl/α,β-unsaturated/α-hetero) is 1. The summed E-state index contributed by atoms with van der Waals surface area (Å²) < 4.78 is 0. The van der Waals surface area contributed by atoms with Crippen molar-refractivity contribution in [1.82, 2.24) is 16.0 Å². The summed E-state index contributed by atoms with van der Waals surface area (Å²) in [5, 5.41) is 8.98. The number of nitrogens with one attached hydrogen (secondary N) is 3. The van der Waals surface area contributed by atoms with Crippen LogP contribution >= 0.6 is 0 Å². The van der Waals surface area contributed by atoms with Crippen LogP contribution in [0.25, 0.3) is 0 Å². The lowest BCUT2D eigenvalue weighted by Gasteiger charge is -2.26. The molecule has 0 aliphatic heterocycles. The van der Waals surface area contributed by atoms with Crippen LogP contribution in [0.5, 0.6) is 0 Å². The maximum Gasteiger partial charge on any atom is 0.243 e. The molecule has 0 aromatic heterocycles. The predicted molar refractivity (Wildman–Crippen MR) is 220 cm³/mol. The number of hydrogen-bond acceptors (Lipinski definition) is 7. The molecule has 0 rings (SSSR count). The minimum absolute atomic E-state index is 0.0154. The van der Waals surface area contributed by atoms with E-state index in [1.165, 1.54) is 64.2 Å². The van der Waals surface area contributed by atoms with Gasteiger partial charge >= 0.3 is 0 Å². The molecule has 0 spiro atoms. The van der Waals surface area contributed by atoms with Crippen LogP contribution in [0.15, 0.2) is 4.99 Å². The first-order chi connectivity index (χ1) is 25.4. The van der Waals surface area contributed by atoms with E-state index in [-0.39, 0.29) is 47.8 Å². The molecule has 0 saturated heterocycles. The zero-order valence-electron chi connectivity index (χ0n) is 34.4. The number of unbranched alkanes of at least 4 members (excludes halogenated alkanes) is 14. The van der Waals surface area contributed by atoms with Crippen molar-refractivity contribution in [2.24, 2.45) is 39.8 Å². The van der Waals surface area contributed by atoms with E-state index in [4.69, 9.17) is 22.9 Å². The summed E-state index contributed by atoms with van der Waals surface area (Å²) in [5.74, 6) is -1.17. The fourth-order valence-electron chi connectivity index (χ4n) is 6.69. The van der Waals surface area contributed by atoms with Crippen LogP contribution in [-0.2, 0) is 19.2 Å². The molecule has 0 heterocycles. The van der Waals surface area contributed by atoms with Crippen LogP contribution in [0.4, 0.5) is 0 Å².